The molecular weight excluding hydrogens is 391 g/mol. The molecule has 3 aromatic rings. The maximum atomic E-state index is 12.2. The molecule has 0 saturated carbocycles. The summed E-state index contributed by atoms with van der Waals surface area (Å²) in [6.45, 7) is 0.936. The summed E-state index contributed by atoms with van der Waals surface area (Å²) in [6, 6.07) is 0. The third-order valence-corrected chi connectivity index (χ3v) is 4.85. The van der Waals surface area contributed by atoms with Crippen LogP contribution in [0, 0.1) is 5.92 Å². The lowest BCUT2D eigenvalue weighted by atomic mass is 9.98. The van der Waals surface area contributed by atoms with Gasteiger partial charge in [-0.25, -0.2) is 18.9 Å². The fourth-order valence-corrected chi connectivity index (χ4v) is 3.52. The van der Waals surface area contributed by atoms with Crippen molar-refractivity contribution >= 4 is 28.8 Å². The Morgan fingerprint density at radius 3 is 2.97 bits per heavy atom. The van der Waals surface area contributed by atoms with Gasteiger partial charge in [0.05, 0.1) is 23.5 Å². The molecule has 4 heterocycles. The topological polar surface area (TPSA) is 103 Å². The van der Waals surface area contributed by atoms with Gasteiger partial charge < -0.3 is 15.0 Å². The first-order chi connectivity index (χ1) is 14.1. The van der Waals surface area contributed by atoms with E-state index in [1.807, 2.05) is 17.9 Å². The van der Waals surface area contributed by atoms with Gasteiger partial charge in [0.15, 0.2) is 5.65 Å². The number of alkyl halides is 1. The lowest BCUT2D eigenvalue weighted by Crippen LogP contribution is -2.41. The van der Waals surface area contributed by atoms with Crippen molar-refractivity contribution in [2.75, 3.05) is 31.7 Å². The number of fused-ring (bicyclic) bond motifs is 1. The van der Waals surface area contributed by atoms with Crippen molar-refractivity contribution in [1.82, 2.24) is 34.4 Å². The summed E-state index contributed by atoms with van der Waals surface area (Å²) in [7, 11) is 1.84. The van der Waals surface area contributed by atoms with Gasteiger partial charge in [-0.2, -0.15) is 15.2 Å². The van der Waals surface area contributed by atoms with Crippen molar-refractivity contribution in [3.63, 3.8) is 0 Å². The highest BCUT2D eigenvalue weighted by Crippen LogP contribution is 2.22. The van der Waals surface area contributed by atoms with Gasteiger partial charge in [0, 0.05) is 39.1 Å². The number of rotatable bonds is 6. The summed E-state index contributed by atoms with van der Waals surface area (Å²) in [4.78, 5) is 22.6. The van der Waals surface area contributed by atoms with Crippen LogP contribution in [-0.2, 0) is 18.3 Å². The lowest BCUT2D eigenvalue weighted by Gasteiger charge is -2.31. The molecule has 1 unspecified atom stereocenters. The third-order valence-electron chi connectivity index (χ3n) is 4.85. The van der Waals surface area contributed by atoms with Gasteiger partial charge in [-0.3, -0.25) is 4.68 Å². The van der Waals surface area contributed by atoms with E-state index in [2.05, 4.69) is 25.5 Å². The Morgan fingerprint density at radius 2 is 2.20 bits per heavy atom. The molecule has 0 spiro atoms. The van der Waals surface area contributed by atoms with Gasteiger partial charge in [-0.15, -0.1) is 0 Å². The van der Waals surface area contributed by atoms with Gasteiger partial charge in [0.1, 0.15) is 13.3 Å². The highest BCUT2D eigenvalue weighted by molar-refractivity contribution is 5.75. The lowest BCUT2D eigenvalue weighted by molar-refractivity contribution is 0.0772. The molecule has 1 aliphatic rings. The molecule has 1 atom stereocenters. The van der Waals surface area contributed by atoms with Crippen LogP contribution in [0.1, 0.15) is 20.3 Å². The second-order valence-electron chi connectivity index (χ2n) is 7.08. The third kappa shape index (κ3) is 4.84. The second kappa shape index (κ2) is 9.51. The normalized spacial score (nSPS) is 16.3. The van der Waals surface area contributed by atoms with Crippen LogP contribution in [0.4, 0.5) is 20.8 Å². The van der Waals surface area contributed by atoms with Crippen molar-refractivity contribution in [3.05, 3.63) is 24.8 Å². The first-order valence-corrected chi connectivity index (χ1v) is 9.54. The highest BCUT2D eigenvalue weighted by atomic mass is 19.1. The molecule has 4 rings (SSSR count). The van der Waals surface area contributed by atoms with Crippen molar-refractivity contribution in [3.8, 4) is 0 Å². The number of anilines is 2. The van der Waals surface area contributed by atoms with Crippen LogP contribution in [0.25, 0.3) is 11.0 Å². The van der Waals surface area contributed by atoms with Crippen LogP contribution < -0.4 is 5.32 Å². The minimum Gasteiger partial charge on any atom is -0.447 e. The summed E-state index contributed by atoms with van der Waals surface area (Å²) < 4.78 is 20.7. The molecule has 0 bridgehead atoms. The van der Waals surface area contributed by atoms with Gasteiger partial charge in [-0.1, -0.05) is 7.43 Å². The largest absolute Gasteiger partial charge is 0.447 e. The van der Waals surface area contributed by atoms with Gasteiger partial charge >= 0.3 is 6.09 Å². The predicted molar refractivity (Wildman–Crippen MR) is 110 cm³/mol. The van der Waals surface area contributed by atoms with Crippen LogP contribution in [0.2, 0.25) is 0 Å². The average molecular weight is 418 g/mol. The summed E-state index contributed by atoms with van der Waals surface area (Å²) in [5.41, 5.74) is 1.52. The summed E-state index contributed by atoms with van der Waals surface area (Å²) in [6.07, 6.45) is 8.39. The quantitative estimate of drug-likeness (QED) is 0.656. The molecule has 10 nitrogen and oxygen atoms in total. The molecule has 1 amide bonds. The van der Waals surface area contributed by atoms with Crippen molar-refractivity contribution in [2.45, 2.75) is 26.8 Å². The van der Waals surface area contributed by atoms with E-state index in [4.69, 9.17) is 4.74 Å². The van der Waals surface area contributed by atoms with Crippen LogP contribution >= 0.6 is 0 Å². The SMILES string of the molecule is C.Cn1cc(Nc2ncc3cnn(CC4CCCN(C(=O)OCCF)C4)c3n2)cn1. The summed E-state index contributed by atoms with van der Waals surface area (Å²) in [5, 5.41) is 12.5. The maximum Gasteiger partial charge on any atom is 0.409 e. The first kappa shape index (κ1) is 21.5. The molecule has 1 fully saturated rings. The number of ether oxygens (including phenoxy) is 1. The summed E-state index contributed by atoms with van der Waals surface area (Å²) in [5.74, 6) is 0.682. The molecule has 0 aliphatic carbocycles. The Hall–Kier alpha value is -3.24. The van der Waals surface area contributed by atoms with E-state index in [1.165, 1.54) is 0 Å². The second-order valence-corrected chi connectivity index (χ2v) is 7.08. The molecule has 0 aromatic carbocycles. The molecule has 1 N–H and O–H groups in total. The van der Waals surface area contributed by atoms with Gasteiger partial charge in [0.2, 0.25) is 5.95 Å². The van der Waals surface area contributed by atoms with E-state index >= 15 is 0 Å². The Balaban J connectivity index is 0.00000256. The van der Waals surface area contributed by atoms with Crippen LogP contribution in [0.3, 0.4) is 0 Å². The van der Waals surface area contributed by atoms with E-state index < -0.39 is 12.8 Å². The highest BCUT2D eigenvalue weighted by Gasteiger charge is 2.25. The zero-order valence-corrected chi connectivity index (χ0v) is 16.2. The standard InChI is InChI=1S/C18H23FN8O2.CH4/c1-25-12-15(9-21-25)23-17-20-7-14-8-22-27(16(14)24-17)11-13-3-2-5-26(10-13)18(28)29-6-4-19;/h7-9,12-13H,2-6,10-11H2,1H3,(H,20,23,24);1H4. The number of nitrogens with one attached hydrogen (secondary N) is 1. The number of halogens is 1. The minimum atomic E-state index is -0.669. The molecule has 11 heteroatoms. The number of nitrogens with zero attached hydrogens (tertiary/aromatic N) is 7. The number of carbonyl (C=O) groups is 1. The van der Waals surface area contributed by atoms with Crippen molar-refractivity contribution in [2.24, 2.45) is 13.0 Å². The Bertz CT molecular complexity index is 988. The van der Waals surface area contributed by atoms with E-state index in [9.17, 15) is 9.18 Å². The number of aryl methyl sites for hydroxylation is 1. The molecule has 3 aromatic heterocycles. The van der Waals surface area contributed by atoms with Gasteiger partial charge in [0.25, 0.3) is 0 Å². The molecule has 1 aliphatic heterocycles. The van der Waals surface area contributed by atoms with Crippen molar-refractivity contribution < 1.29 is 13.9 Å². The van der Waals surface area contributed by atoms with E-state index in [0.29, 0.717) is 25.6 Å². The Kier molecular flexibility index (Phi) is 6.80. The molecule has 162 valence electrons. The number of carbonyl (C=O) groups excluding carboxylic acids is 1. The number of likely N-dealkylation sites (tertiary alicyclic amines) is 1. The number of hydrogen-bond donors (Lipinski definition) is 1. The molecule has 1 saturated heterocycles. The fraction of sp³-hybridized carbons (Fsp3) is 0.526. The first-order valence-electron chi connectivity index (χ1n) is 9.54. The average Bonchev–Trinajstić information content (AvgIpc) is 3.32. The minimum absolute atomic E-state index is 0. The number of aromatic nitrogens is 6. The van der Waals surface area contributed by atoms with E-state index in [0.717, 1.165) is 29.6 Å². The number of piperidine rings is 1. The predicted octanol–water partition coefficient (Wildman–Crippen LogP) is 2.76. The fourth-order valence-electron chi connectivity index (χ4n) is 3.52. The smallest absolute Gasteiger partial charge is 0.409 e. The van der Waals surface area contributed by atoms with Crippen LogP contribution in [-0.4, -0.2) is 66.9 Å². The zero-order chi connectivity index (χ0) is 20.2. The number of amides is 1. The van der Waals surface area contributed by atoms with Gasteiger partial charge in [-0.05, 0) is 18.8 Å². The Labute approximate surface area is 174 Å². The molecular formula is C19H27FN8O2. The van der Waals surface area contributed by atoms with Crippen LogP contribution in [0.5, 0.6) is 0 Å². The maximum absolute atomic E-state index is 12.2. The van der Waals surface area contributed by atoms with E-state index in [-0.39, 0.29) is 20.0 Å². The van der Waals surface area contributed by atoms with Crippen LogP contribution in [0.15, 0.2) is 24.8 Å². The Morgan fingerprint density at radius 1 is 1.33 bits per heavy atom. The zero-order valence-electron chi connectivity index (χ0n) is 16.2. The molecule has 30 heavy (non-hydrogen) atoms. The molecule has 0 radical (unpaired) electrons. The monoisotopic (exact) mass is 418 g/mol. The van der Waals surface area contributed by atoms with E-state index in [1.54, 1.807) is 28.2 Å². The summed E-state index contributed by atoms with van der Waals surface area (Å²) >= 11 is 0. The number of hydrogen-bond acceptors (Lipinski definition) is 7. The van der Waals surface area contributed by atoms with Crippen molar-refractivity contribution in [1.29, 1.82) is 0 Å².